The highest BCUT2D eigenvalue weighted by molar-refractivity contribution is 9.10. The van der Waals surface area contributed by atoms with Crippen molar-refractivity contribution in [3.63, 3.8) is 0 Å². The lowest BCUT2D eigenvalue weighted by Gasteiger charge is -2.26. The molecule has 1 atom stereocenters. The number of ether oxygens (including phenoxy) is 1. The maximum atomic E-state index is 13.2. The number of benzene rings is 2. The molecule has 0 fully saturated rings. The van der Waals surface area contributed by atoms with Crippen molar-refractivity contribution in [2.24, 2.45) is 13.0 Å². The van der Waals surface area contributed by atoms with Crippen molar-refractivity contribution >= 4 is 44.9 Å². The largest absolute Gasteiger partial charge is 0.491 e. The van der Waals surface area contributed by atoms with E-state index in [9.17, 15) is 4.79 Å². The average Bonchev–Trinajstić information content (AvgIpc) is 2.99. The van der Waals surface area contributed by atoms with Crippen LogP contribution in [-0.2, 0) is 20.0 Å². The van der Waals surface area contributed by atoms with Gasteiger partial charge in [-0.3, -0.25) is 10.2 Å². The first-order chi connectivity index (χ1) is 13.8. The van der Waals surface area contributed by atoms with E-state index in [0.29, 0.717) is 46.5 Å². The molecular weight excluding hydrogens is 477 g/mol. The predicted molar refractivity (Wildman–Crippen MR) is 116 cm³/mol. The Morgan fingerprint density at radius 3 is 2.66 bits per heavy atom. The molecule has 0 saturated heterocycles. The van der Waals surface area contributed by atoms with Crippen molar-refractivity contribution in [3.05, 3.63) is 79.6 Å². The number of aromatic nitrogens is 2. The first kappa shape index (κ1) is 20.3. The predicted octanol–water partition coefficient (Wildman–Crippen LogP) is 4.86. The van der Waals surface area contributed by atoms with Crippen LogP contribution in [0, 0.1) is 11.3 Å². The first-order valence-corrected chi connectivity index (χ1v) is 10.6. The maximum absolute atomic E-state index is 13.2. The lowest BCUT2D eigenvalue weighted by atomic mass is 9.89. The van der Waals surface area contributed by atoms with Gasteiger partial charge in [0, 0.05) is 19.4 Å². The van der Waals surface area contributed by atoms with Crippen molar-refractivity contribution in [2.45, 2.75) is 13.0 Å². The molecular formula is C21H18BrCl2N3O2. The van der Waals surface area contributed by atoms with Crippen molar-refractivity contribution in [2.75, 3.05) is 6.61 Å². The van der Waals surface area contributed by atoms with Gasteiger partial charge in [0.25, 0.3) is 0 Å². The van der Waals surface area contributed by atoms with Crippen LogP contribution in [0.3, 0.4) is 0 Å². The fraction of sp³-hybridized carbons (Fsp3) is 0.238. The quantitative estimate of drug-likeness (QED) is 0.563. The van der Waals surface area contributed by atoms with E-state index >= 15 is 0 Å². The monoisotopic (exact) mass is 493 g/mol. The van der Waals surface area contributed by atoms with Crippen LogP contribution in [0.25, 0.3) is 0 Å². The fourth-order valence-electron chi connectivity index (χ4n) is 3.50. The van der Waals surface area contributed by atoms with Gasteiger partial charge in [0.05, 0.1) is 39.2 Å². The van der Waals surface area contributed by atoms with Crippen LogP contribution in [0.15, 0.2) is 47.2 Å². The van der Waals surface area contributed by atoms with E-state index < -0.39 is 0 Å². The number of fused-ring (bicyclic) bond motifs is 1. The molecule has 1 aliphatic rings. The third-order valence-corrected chi connectivity index (χ3v) is 6.39. The Morgan fingerprint density at radius 1 is 1.17 bits per heavy atom. The van der Waals surface area contributed by atoms with E-state index in [2.05, 4.69) is 15.9 Å². The number of carbonyl (C=O) groups is 1. The third kappa shape index (κ3) is 4.02. The highest BCUT2D eigenvalue weighted by Gasteiger charge is 2.31. The van der Waals surface area contributed by atoms with E-state index in [1.807, 2.05) is 42.2 Å². The summed E-state index contributed by atoms with van der Waals surface area (Å²) in [5.74, 6) is 0.329. The number of imidazole rings is 1. The summed E-state index contributed by atoms with van der Waals surface area (Å²) in [6.07, 6.45) is 4.21. The molecule has 1 N–H and O–H groups in total. The van der Waals surface area contributed by atoms with E-state index in [0.717, 1.165) is 15.6 Å². The molecule has 2 heterocycles. The molecule has 5 nitrogen and oxygen atoms in total. The molecule has 4 rings (SSSR count). The molecule has 0 saturated carbocycles. The van der Waals surface area contributed by atoms with Crippen molar-refractivity contribution in [1.29, 1.82) is 5.41 Å². The normalized spacial score (nSPS) is 15.9. The zero-order chi connectivity index (χ0) is 20.7. The van der Waals surface area contributed by atoms with Crippen LogP contribution in [0.2, 0.25) is 10.0 Å². The molecule has 0 aliphatic carbocycles. The standard InChI is InChI=1S/C21H18BrCl2N3O2/c1-26-4-5-27(21(26)25)10-13-7-15-19(28)14(11-29-20(15)16(22)8-13)6-12-2-3-17(23)18(24)9-12/h2-5,7-9,14,25H,6,10-11H2,1H3. The Labute approximate surface area is 186 Å². The molecule has 0 amide bonds. The average molecular weight is 495 g/mol. The highest BCUT2D eigenvalue weighted by Crippen LogP contribution is 2.37. The van der Waals surface area contributed by atoms with E-state index in [1.54, 1.807) is 16.7 Å². The van der Waals surface area contributed by atoms with E-state index in [1.165, 1.54) is 0 Å². The number of carbonyl (C=O) groups excluding carboxylic acids is 1. The molecule has 0 spiro atoms. The number of hydrogen-bond donors (Lipinski definition) is 1. The first-order valence-electron chi connectivity index (χ1n) is 9.03. The topological polar surface area (TPSA) is 60.0 Å². The van der Waals surface area contributed by atoms with Gasteiger partial charge in [-0.1, -0.05) is 29.3 Å². The van der Waals surface area contributed by atoms with E-state index in [-0.39, 0.29) is 11.7 Å². The van der Waals surface area contributed by atoms with Crippen LogP contribution in [-0.4, -0.2) is 21.5 Å². The molecule has 2 aromatic carbocycles. The van der Waals surface area contributed by atoms with Gasteiger partial charge in [-0.05, 0) is 57.7 Å². The molecule has 150 valence electrons. The number of halogens is 3. The summed E-state index contributed by atoms with van der Waals surface area (Å²) < 4.78 is 10.2. The van der Waals surface area contributed by atoms with Crippen LogP contribution in [0.1, 0.15) is 21.5 Å². The minimum Gasteiger partial charge on any atom is -0.491 e. The Balaban J connectivity index is 1.61. The fourth-order valence-corrected chi connectivity index (χ4v) is 4.44. The molecule has 0 bridgehead atoms. The van der Waals surface area contributed by atoms with Crippen LogP contribution in [0.5, 0.6) is 5.75 Å². The SMILES string of the molecule is Cn1ccn(Cc2cc(Br)c3c(c2)C(=O)C(Cc2ccc(Cl)c(Cl)c2)CO3)c1=N. The second-order valence-electron chi connectivity index (χ2n) is 7.14. The maximum Gasteiger partial charge on any atom is 0.202 e. The Morgan fingerprint density at radius 2 is 1.97 bits per heavy atom. The zero-order valence-electron chi connectivity index (χ0n) is 15.6. The van der Waals surface area contributed by atoms with E-state index in [4.69, 9.17) is 33.3 Å². The molecule has 3 aromatic rings. The number of rotatable bonds is 4. The smallest absolute Gasteiger partial charge is 0.202 e. The third-order valence-electron chi connectivity index (χ3n) is 5.06. The minimum atomic E-state index is -0.294. The summed E-state index contributed by atoms with van der Waals surface area (Å²) in [6.45, 7) is 0.810. The number of Topliss-reactive ketones (excluding diaryl/α,β-unsaturated/α-hetero) is 1. The highest BCUT2D eigenvalue weighted by atomic mass is 79.9. The second-order valence-corrected chi connectivity index (χ2v) is 8.81. The second kappa shape index (κ2) is 8.01. The number of nitrogens with one attached hydrogen (secondary N) is 1. The zero-order valence-corrected chi connectivity index (χ0v) is 18.7. The van der Waals surface area contributed by atoms with Crippen molar-refractivity contribution in [3.8, 4) is 5.75 Å². The van der Waals surface area contributed by atoms with Gasteiger partial charge in [0.1, 0.15) is 5.75 Å². The molecule has 8 heteroatoms. The van der Waals surface area contributed by atoms with Gasteiger partial charge in [-0.25, -0.2) is 0 Å². The summed E-state index contributed by atoms with van der Waals surface area (Å²) in [5.41, 5.74) is 2.82. The molecule has 1 aromatic heterocycles. The molecule has 1 unspecified atom stereocenters. The lowest BCUT2D eigenvalue weighted by molar-refractivity contribution is 0.0829. The van der Waals surface area contributed by atoms with Crippen LogP contribution < -0.4 is 10.4 Å². The number of aryl methyl sites for hydroxylation is 1. The minimum absolute atomic E-state index is 0.0454. The number of hydrogen-bond acceptors (Lipinski definition) is 3. The number of ketones is 1. The Kier molecular flexibility index (Phi) is 5.60. The molecule has 0 radical (unpaired) electrons. The lowest BCUT2D eigenvalue weighted by Crippen LogP contribution is -2.30. The van der Waals surface area contributed by atoms with Gasteiger partial charge in [0.15, 0.2) is 5.78 Å². The summed E-state index contributed by atoms with van der Waals surface area (Å²) in [5, 5.41) is 9.07. The number of nitrogens with zero attached hydrogens (tertiary/aromatic N) is 2. The summed E-state index contributed by atoms with van der Waals surface area (Å²) in [4.78, 5) is 13.2. The van der Waals surface area contributed by atoms with Gasteiger partial charge < -0.3 is 13.9 Å². The summed E-state index contributed by atoms with van der Waals surface area (Å²) in [7, 11) is 1.83. The van der Waals surface area contributed by atoms with Gasteiger partial charge in [-0.15, -0.1) is 0 Å². The van der Waals surface area contributed by atoms with Crippen LogP contribution in [0.4, 0.5) is 0 Å². The van der Waals surface area contributed by atoms with Crippen LogP contribution >= 0.6 is 39.1 Å². The van der Waals surface area contributed by atoms with Gasteiger partial charge in [-0.2, -0.15) is 0 Å². The van der Waals surface area contributed by atoms with Crippen molar-refractivity contribution < 1.29 is 9.53 Å². The van der Waals surface area contributed by atoms with Crippen molar-refractivity contribution in [1.82, 2.24) is 9.13 Å². The van der Waals surface area contributed by atoms with Gasteiger partial charge >= 0.3 is 0 Å². The molecule has 29 heavy (non-hydrogen) atoms. The summed E-state index contributed by atoms with van der Waals surface area (Å²) >= 11 is 15.6. The summed E-state index contributed by atoms with van der Waals surface area (Å²) in [6, 6.07) is 9.21. The van der Waals surface area contributed by atoms with Gasteiger partial charge in [0.2, 0.25) is 5.62 Å². The Bertz CT molecular complexity index is 1170. The molecule has 1 aliphatic heterocycles. The Hall–Kier alpha value is -2.02.